The summed E-state index contributed by atoms with van der Waals surface area (Å²) in [7, 11) is 5.64. The molecule has 0 spiro atoms. The van der Waals surface area contributed by atoms with E-state index in [1.54, 1.807) is 29.1 Å². The highest BCUT2D eigenvalue weighted by Gasteiger charge is 2.34. The first-order chi connectivity index (χ1) is 17.2. The molecule has 0 radical (unpaired) electrons. The molecule has 0 unspecified atom stereocenters. The highest BCUT2D eigenvalue weighted by Crippen LogP contribution is 2.27. The zero-order chi connectivity index (χ0) is 26.2. The van der Waals surface area contributed by atoms with Gasteiger partial charge >= 0.3 is 0 Å². The normalized spacial score (nSPS) is 21.5. The summed E-state index contributed by atoms with van der Waals surface area (Å²) in [6, 6.07) is 1.32. The molecule has 1 aromatic heterocycles. The first-order valence-corrected chi connectivity index (χ1v) is 12.5. The molecule has 3 atom stereocenters. The average molecular weight is 502 g/mol. The second kappa shape index (κ2) is 13.0. The van der Waals surface area contributed by atoms with E-state index in [2.05, 4.69) is 21.7 Å². The van der Waals surface area contributed by atoms with Gasteiger partial charge < -0.3 is 24.4 Å². The molecule has 0 aromatic carbocycles. The lowest BCUT2D eigenvalue weighted by atomic mass is 10.00. The lowest BCUT2D eigenvalue weighted by Crippen LogP contribution is -2.51. The molecule has 36 heavy (non-hydrogen) atoms. The molecule has 198 valence electrons. The van der Waals surface area contributed by atoms with Gasteiger partial charge in [0.2, 0.25) is 11.8 Å². The molecular formula is C26H39N5O5. The Bertz CT molecular complexity index is 969. The summed E-state index contributed by atoms with van der Waals surface area (Å²) < 4.78 is 11.7. The minimum Gasteiger partial charge on any atom is -0.472 e. The van der Waals surface area contributed by atoms with Crippen molar-refractivity contribution >= 4 is 11.8 Å². The molecule has 2 aliphatic rings. The van der Waals surface area contributed by atoms with E-state index < -0.39 is 0 Å². The highest BCUT2D eigenvalue weighted by molar-refractivity contribution is 5.97. The second-order valence-corrected chi connectivity index (χ2v) is 9.90. The van der Waals surface area contributed by atoms with Crippen LogP contribution < -0.4 is 4.74 Å². The number of morpholine rings is 1. The van der Waals surface area contributed by atoms with E-state index in [0.717, 1.165) is 13.1 Å². The predicted octanol–water partition coefficient (Wildman–Crippen LogP) is 0.00540. The third kappa shape index (κ3) is 7.40. The SMILES string of the molecule is C[C@H]1CN([C@@H](C)CO)C(=O)c2cc(C#CCN(C)C)cnc2O[C@@H]1CN(C)C(=O)CN1CCOCC1. The largest absolute Gasteiger partial charge is 0.472 e. The number of nitrogens with zero attached hydrogens (tertiary/aromatic N) is 5. The molecule has 3 rings (SSSR count). The van der Waals surface area contributed by atoms with Gasteiger partial charge in [-0.3, -0.25) is 19.4 Å². The number of carbonyl (C=O) groups is 2. The van der Waals surface area contributed by atoms with Crippen LogP contribution in [0.5, 0.6) is 5.88 Å². The Morgan fingerprint density at radius 2 is 2.03 bits per heavy atom. The number of pyridine rings is 1. The lowest BCUT2D eigenvalue weighted by Gasteiger charge is -2.38. The summed E-state index contributed by atoms with van der Waals surface area (Å²) in [6.45, 7) is 8.04. The van der Waals surface area contributed by atoms with Gasteiger partial charge in [-0.25, -0.2) is 4.98 Å². The van der Waals surface area contributed by atoms with Crippen molar-refractivity contribution in [2.75, 3.05) is 80.2 Å². The van der Waals surface area contributed by atoms with Crippen molar-refractivity contribution in [2.45, 2.75) is 26.0 Å². The first-order valence-electron chi connectivity index (χ1n) is 12.5. The maximum Gasteiger partial charge on any atom is 0.259 e. The zero-order valence-electron chi connectivity index (χ0n) is 22.1. The van der Waals surface area contributed by atoms with Crippen molar-refractivity contribution in [2.24, 2.45) is 5.92 Å². The van der Waals surface area contributed by atoms with Crippen LogP contribution in [0.3, 0.4) is 0 Å². The van der Waals surface area contributed by atoms with E-state index >= 15 is 0 Å². The van der Waals surface area contributed by atoms with Crippen molar-refractivity contribution in [3.63, 3.8) is 0 Å². The van der Waals surface area contributed by atoms with E-state index in [0.29, 0.717) is 50.5 Å². The number of hydrogen-bond acceptors (Lipinski definition) is 8. The molecule has 2 amide bonds. The molecule has 1 saturated heterocycles. The summed E-state index contributed by atoms with van der Waals surface area (Å²) >= 11 is 0. The first kappa shape index (κ1) is 27.9. The molecule has 10 nitrogen and oxygen atoms in total. The molecule has 10 heteroatoms. The third-order valence-electron chi connectivity index (χ3n) is 6.49. The van der Waals surface area contributed by atoms with Crippen molar-refractivity contribution in [3.8, 4) is 17.7 Å². The molecular weight excluding hydrogens is 462 g/mol. The number of aliphatic hydroxyl groups is 1. The predicted molar refractivity (Wildman–Crippen MR) is 136 cm³/mol. The molecule has 1 aromatic rings. The number of hydrogen-bond donors (Lipinski definition) is 1. The van der Waals surface area contributed by atoms with Crippen LogP contribution in [0.4, 0.5) is 0 Å². The van der Waals surface area contributed by atoms with Gasteiger partial charge in [-0.1, -0.05) is 18.8 Å². The van der Waals surface area contributed by atoms with E-state index in [1.165, 1.54) is 0 Å². The summed E-state index contributed by atoms with van der Waals surface area (Å²) in [5.41, 5.74) is 0.929. The zero-order valence-corrected chi connectivity index (χ0v) is 22.1. The van der Waals surface area contributed by atoms with Crippen molar-refractivity contribution < 1.29 is 24.2 Å². The fraction of sp³-hybridized carbons (Fsp3) is 0.654. The summed E-state index contributed by atoms with van der Waals surface area (Å²) in [5, 5.41) is 9.83. The van der Waals surface area contributed by atoms with E-state index in [4.69, 9.17) is 9.47 Å². The van der Waals surface area contributed by atoms with Crippen LogP contribution in [0, 0.1) is 17.8 Å². The highest BCUT2D eigenvalue weighted by atomic mass is 16.5. The molecule has 1 fully saturated rings. The molecule has 2 aliphatic heterocycles. The molecule has 0 aliphatic carbocycles. The topological polar surface area (TPSA) is 98.7 Å². The summed E-state index contributed by atoms with van der Waals surface area (Å²) in [4.78, 5) is 38.2. The third-order valence-corrected chi connectivity index (χ3v) is 6.49. The second-order valence-electron chi connectivity index (χ2n) is 9.90. The van der Waals surface area contributed by atoms with Crippen LogP contribution in [-0.4, -0.2) is 134 Å². The number of fused-ring (bicyclic) bond motifs is 1. The van der Waals surface area contributed by atoms with Gasteiger partial charge in [0.05, 0.1) is 45.5 Å². The Hall–Kier alpha value is -2.71. The van der Waals surface area contributed by atoms with Crippen LogP contribution in [-0.2, 0) is 9.53 Å². The number of aromatic nitrogens is 1. The van der Waals surface area contributed by atoms with Crippen LogP contribution in [0.1, 0.15) is 29.8 Å². The van der Waals surface area contributed by atoms with Gasteiger partial charge in [-0.05, 0) is 27.1 Å². The fourth-order valence-corrected chi connectivity index (χ4v) is 4.13. The van der Waals surface area contributed by atoms with Gasteiger partial charge in [0.25, 0.3) is 5.91 Å². The van der Waals surface area contributed by atoms with Crippen LogP contribution in [0.25, 0.3) is 0 Å². The monoisotopic (exact) mass is 501 g/mol. The lowest BCUT2D eigenvalue weighted by molar-refractivity contribution is -0.133. The van der Waals surface area contributed by atoms with Gasteiger partial charge in [0, 0.05) is 44.4 Å². The standard InChI is InChI=1S/C26H39N5O5/c1-19-15-31(20(2)18-32)26(34)22-13-21(7-6-8-28(3)4)14-27-25(22)36-23(19)16-29(5)24(33)17-30-9-11-35-12-10-30/h13-14,19-20,23,32H,8-12,15-18H2,1-5H3/t19-,20-,23+/m0/s1. The van der Waals surface area contributed by atoms with Crippen molar-refractivity contribution in [1.29, 1.82) is 0 Å². The van der Waals surface area contributed by atoms with E-state index in [-0.39, 0.29) is 42.4 Å². The average Bonchev–Trinajstić information content (AvgIpc) is 2.86. The van der Waals surface area contributed by atoms with Crippen molar-refractivity contribution in [1.82, 2.24) is 24.6 Å². The van der Waals surface area contributed by atoms with Gasteiger partial charge in [-0.15, -0.1) is 0 Å². The maximum absolute atomic E-state index is 13.5. The van der Waals surface area contributed by atoms with Gasteiger partial charge in [0.15, 0.2) is 0 Å². The minimum atomic E-state index is -0.387. The number of likely N-dealkylation sites (N-methyl/N-ethyl adjacent to an activating group) is 1. The van der Waals surface area contributed by atoms with Crippen molar-refractivity contribution in [3.05, 3.63) is 23.4 Å². The molecule has 1 N–H and O–H groups in total. The minimum absolute atomic E-state index is 0.00566. The summed E-state index contributed by atoms with van der Waals surface area (Å²) in [6.07, 6.45) is 1.22. The van der Waals surface area contributed by atoms with Gasteiger partial charge in [-0.2, -0.15) is 0 Å². The van der Waals surface area contributed by atoms with Crippen LogP contribution in [0.2, 0.25) is 0 Å². The Balaban J connectivity index is 1.83. The van der Waals surface area contributed by atoms with Crippen LogP contribution in [0.15, 0.2) is 12.3 Å². The molecule has 3 heterocycles. The number of rotatable bonds is 7. The number of amides is 2. The number of carbonyl (C=O) groups excluding carboxylic acids is 2. The number of aliphatic hydroxyl groups excluding tert-OH is 1. The summed E-state index contributed by atoms with van der Waals surface area (Å²) in [5.74, 6) is 5.98. The fourth-order valence-electron chi connectivity index (χ4n) is 4.13. The molecule has 0 bridgehead atoms. The Morgan fingerprint density at radius 3 is 2.69 bits per heavy atom. The number of ether oxygens (including phenoxy) is 2. The van der Waals surface area contributed by atoms with E-state index in [9.17, 15) is 14.7 Å². The molecule has 0 saturated carbocycles. The maximum atomic E-state index is 13.5. The smallest absolute Gasteiger partial charge is 0.259 e. The van der Waals surface area contributed by atoms with E-state index in [1.807, 2.05) is 32.8 Å². The van der Waals surface area contributed by atoms with Gasteiger partial charge in [0.1, 0.15) is 11.7 Å². The Kier molecular flexibility index (Phi) is 10.1. The Morgan fingerprint density at radius 1 is 1.31 bits per heavy atom. The quantitative estimate of drug-likeness (QED) is 0.522. The van der Waals surface area contributed by atoms with Crippen LogP contribution >= 0.6 is 0 Å². The Labute approximate surface area is 214 Å².